The van der Waals surface area contributed by atoms with E-state index in [0.717, 1.165) is 27.5 Å². The molecule has 0 aliphatic heterocycles. The van der Waals surface area contributed by atoms with Gasteiger partial charge in [-0.2, -0.15) is 0 Å². The molecule has 0 saturated heterocycles. The van der Waals surface area contributed by atoms with Crippen molar-refractivity contribution in [2.75, 3.05) is 0 Å². The second kappa shape index (κ2) is 7.46. The number of nitrogens with zero attached hydrogens (tertiary/aromatic N) is 1. The Morgan fingerprint density at radius 1 is 0.900 bits per heavy atom. The van der Waals surface area contributed by atoms with E-state index in [1.165, 1.54) is 6.20 Å². The topological polar surface area (TPSA) is 26.0 Å². The van der Waals surface area contributed by atoms with Gasteiger partial charge in [0.2, 0.25) is 0 Å². The van der Waals surface area contributed by atoms with Crippen LogP contribution in [0.2, 0.25) is 0 Å². The van der Waals surface area contributed by atoms with Crippen LogP contribution in [0.5, 0.6) is 0 Å². The van der Waals surface area contributed by atoms with E-state index in [1.807, 2.05) is 66.7 Å². The number of hydrogen-bond donors (Lipinski definition) is 0. The summed E-state index contributed by atoms with van der Waals surface area (Å²) in [7, 11) is 0. The van der Waals surface area contributed by atoms with Gasteiger partial charge < -0.3 is 4.42 Å². The number of aryl methyl sites for hydroxylation is 1. The molecule has 148 valence electrons. The maximum absolute atomic E-state index is 8.64. The predicted molar refractivity (Wildman–Crippen MR) is 126 cm³/mol. The van der Waals surface area contributed by atoms with E-state index in [1.54, 1.807) is 19.9 Å². The van der Waals surface area contributed by atoms with Gasteiger partial charge in [-0.05, 0) is 48.0 Å². The van der Waals surface area contributed by atoms with E-state index in [0.29, 0.717) is 16.8 Å². The molecule has 2 heteroatoms. The highest BCUT2D eigenvalue weighted by Crippen LogP contribution is 2.39. The highest BCUT2D eigenvalue weighted by Gasteiger charge is 2.16. The zero-order valence-electron chi connectivity index (χ0n) is 21.9. The smallest absolute Gasteiger partial charge is 0.144 e. The third-order valence-electron chi connectivity index (χ3n) is 5.23. The Morgan fingerprint density at radius 3 is 2.30 bits per heavy atom. The third-order valence-corrected chi connectivity index (χ3v) is 5.23. The molecule has 0 aliphatic carbocycles. The number of para-hydroxylation sites is 2. The Labute approximate surface area is 184 Å². The second-order valence-electron chi connectivity index (χ2n) is 7.75. The number of fused-ring (bicyclic) bond motifs is 3. The molecule has 0 atom stereocenters. The molecule has 2 aromatic heterocycles. The van der Waals surface area contributed by atoms with Crippen LogP contribution in [0.3, 0.4) is 0 Å². The number of pyridine rings is 1. The summed E-state index contributed by atoms with van der Waals surface area (Å²) in [5.74, 6) is -0.422. The molecule has 0 bridgehead atoms. The fourth-order valence-corrected chi connectivity index (χ4v) is 3.90. The first-order valence-corrected chi connectivity index (χ1v) is 10.1. The molecular formula is C28H25NO. The zero-order valence-corrected chi connectivity index (χ0v) is 16.9. The Balaban J connectivity index is 1.77. The fourth-order valence-electron chi connectivity index (χ4n) is 3.90. The van der Waals surface area contributed by atoms with Gasteiger partial charge in [0, 0.05) is 34.9 Å². The SMILES string of the molecule is [2H]C([2H])([2H])c1cnc(-c2cccc3c2oc2c(-c4ccccc4)cccc23)cc1C([2H])([2H])C(C)C. The van der Waals surface area contributed by atoms with Gasteiger partial charge in [0.1, 0.15) is 11.2 Å². The van der Waals surface area contributed by atoms with Crippen LogP contribution >= 0.6 is 0 Å². The third kappa shape index (κ3) is 3.19. The van der Waals surface area contributed by atoms with E-state index < -0.39 is 19.1 Å². The summed E-state index contributed by atoms with van der Waals surface area (Å²) in [5.41, 5.74) is 4.66. The van der Waals surface area contributed by atoms with Crippen LogP contribution in [-0.2, 0) is 6.37 Å². The van der Waals surface area contributed by atoms with Gasteiger partial charge in [0.25, 0.3) is 0 Å². The monoisotopic (exact) mass is 396 g/mol. The van der Waals surface area contributed by atoms with Crippen molar-refractivity contribution < 1.29 is 11.3 Å². The number of hydrogen-bond acceptors (Lipinski definition) is 2. The van der Waals surface area contributed by atoms with Crippen molar-refractivity contribution in [3.05, 3.63) is 90.1 Å². The molecule has 3 aromatic carbocycles. The van der Waals surface area contributed by atoms with Crippen molar-refractivity contribution in [3.63, 3.8) is 0 Å². The summed E-state index contributed by atoms with van der Waals surface area (Å²) in [4.78, 5) is 4.46. The van der Waals surface area contributed by atoms with Gasteiger partial charge in [-0.1, -0.05) is 74.5 Å². The average Bonchev–Trinajstić information content (AvgIpc) is 3.22. The molecule has 0 fully saturated rings. The van der Waals surface area contributed by atoms with Crippen LogP contribution in [0, 0.1) is 12.8 Å². The van der Waals surface area contributed by atoms with E-state index in [-0.39, 0.29) is 11.1 Å². The number of aromatic nitrogens is 1. The molecule has 0 radical (unpaired) electrons. The lowest BCUT2D eigenvalue weighted by molar-refractivity contribution is 0.644. The number of benzene rings is 3. The quantitative estimate of drug-likeness (QED) is 0.309. The summed E-state index contributed by atoms with van der Waals surface area (Å²) in [6, 6.07) is 23.4. The molecule has 0 amide bonds. The van der Waals surface area contributed by atoms with Crippen molar-refractivity contribution in [2.24, 2.45) is 5.92 Å². The highest BCUT2D eigenvalue weighted by atomic mass is 16.3. The van der Waals surface area contributed by atoms with E-state index in [4.69, 9.17) is 11.3 Å². The number of furan rings is 1. The van der Waals surface area contributed by atoms with Crippen LogP contribution in [0.25, 0.3) is 44.3 Å². The maximum atomic E-state index is 8.64. The molecule has 0 saturated carbocycles. The molecule has 0 aliphatic rings. The van der Waals surface area contributed by atoms with Crippen LogP contribution in [-0.4, -0.2) is 4.98 Å². The second-order valence-corrected chi connectivity index (χ2v) is 7.75. The van der Waals surface area contributed by atoms with Crippen molar-refractivity contribution in [1.29, 1.82) is 0 Å². The minimum atomic E-state index is -2.47. The summed E-state index contributed by atoms with van der Waals surface area (Å²) in [6.45, 7) is 1.02. The van der Waals surface area contributed by atoms with Gasteiger partial charge in [-0.3, -0.25) is 4.98 Å². The fraction of sp³-hybridized carbons (Fsp3) is 0.179. The van der Waals surface area contributed by atoms with E-state index >= 15 is 0 Å². The summed E-state index contributed by atoms with van der Waals surface area (Å²) < 4.78 is 47.5. The average molecular weight is 397 g/mol. The molecule has 5 rings (SSSR count). The lowest BCUT2D eigenvalue weighted by Crippen LogP contribution is -1.99. The molecule has 2 heterocycles. The van der Waals surface area contributed by atoms with Gasteiger partial charge in [-0.15, -0.1) is 0 Å². The van der Waals surface area contributed by atoms with Gasteiger partial charge in [-0.25, -0.2) is 0 Å². The van der Waals surface area contributed by atoms with Crippen molar-refractivity contribution in [1.82, 2.24) is 4.98 Å². The van der Waals surface area contributed by atoms with E-state index in [2.05, 4.69) is 4.98 Å². The largest absolute Gasteiger partial charge is 0.455 e. The molecule has 2 nitrogen and oxygen atoms in total. The maximum Gasteiger partial charge on any atom is 0.144 e. The Hall–Kier alpha value is -3.39. The van der Waals surface area contributed by atoms with Crippen molar-refractivity contribution >= 4 is 21.9 Å². The Bertz CT molecular complexity index is 1530. The van der Waals surface area contributed by atoms with Gasteiger partial charge in [0.05, 0.1) is 5.69 Å². The predicted octanol–water partition coefficient (Wildman–Crippen LogP) is 7.82. The first-order chi connectivity index (χ1) is 16.6. The summed E-state index contributed by atoms with van der Waals surface area (Å²) >= 11 is 0. The molecule has 0 unspecified atom stereocenters. The first kappa shape index (κ1) is 13.8. The molecule has 30 heavy (non-hydrogen) atoms. The van der Waals surface area contributed by atoms with Crippen LogP contribution < -0.4 is 0 Å². The number of rotatable bonds is 4. The Morgan fingerprint density at radius 2 is 1.60 bits per heavy atom. The zero-order chi connectivity index (χ0) is 25.0. The molecule has 5 aromatic rings. The van der Waals surface area contributed by atoms with E-state index in [9.17, 15) is 0 Å². The minimum Gasteiger partial charge on any atom is -0.455 e. The van der Waals surface area contributed by atoms with Crippen LogP contribution in [0.4, 0.5) is 0 Å². The van der Waals surface area contributed by atoms with Crippen LogP contribution in [0.15, 0.2) is 83.4 Å². The lowest BCUT2D eigenvalue weighted by atomic mass is 9.97. The van der Waals surface area contributed by atoms with Gasteiger partial charge in [0.15, 0.2) is 0 Å². The molecule has 0 spiro atoms. The van der Waals surface area contributed by atoms with Crippen molar-refractivity contribution in [3.8, 4) is 22.4 Å². The summed E-state index contributed by atoms with van der Waals surface area (Å²) in [5, 5.41) is 1.89. The minimum absolute atomic E-state index is 0.0666. The molecule has 0 N–H and O–H groups in total. The molecular weight excluding hydrogens is 366 g/mol. The normalized spacial score (nSPS) is 15.0. The van der Waals surface area contributed by atoms with Gasteiger partial charge >= 0.3 is 0 Å². The lowest BCUT2D eigenvalue weighted by Gasteiger charge is -2.10. The summed E-state index contributed by atoms with van der Waals surface area (Å²) in [6.07, 6.45) is -0.557. The highest BCUT2D eigenvalue weighted by molar-refractivity contribution is 6.12. The standard InChI is InChI=1S/C28H25NO/c1-18(2)15-21-16-26(29-17-19(21)3)25-14-8-13-24-23-12-7-11-22(27(23)30-28(24)25)20-9-5-4-6-10-20/h4-14,16-18H,15H2,1-3H3/i3D3,15D2. The first-order valence-electron chi connectivity index (χ1n) is 12.6. The Kier molecular flexibility index (Phi) is 3.42. The van der Waals surface area contributed by atoms with Crippen molar-refractivity contribution in [2.45, 2.75) is 27.1 Å². The van der Waals surface area contributed by atoms with Crippen LogP contribution in [0.1, 0.15) is 31.8 Å².